The van der Waals surface area contributed by atoms with Gasteiger partial charge in [0.15, 0.2) is 0 Å². The van der Waals surface area contributed by atoms with Crippen LogP contribution in [0.2, 0.25) is 5.28 Å². The highest BCUT2D eigenvalue weighted by Crippen LogP contribution is 2.22. The summed E-state index contributed by atoms with van der Waals surface area (Å²) < 4.78 is 0.932. The van der Waals surface area contributed by atoms with Crippen molar-refractivity contribution in [2.45, 2.75) is 6.54 Å². The normalized spacial score (nSPS) is 10.2. The average molecular weight is 344 g/mol. The van der Waals surface area contributed by atoms with Crippen LogP contribution in [0.1, 0.15) is 5.56 Å². The number of nitro groups is 1. The first-order chi connectivity index (χ1) is 9.06. The number of halogens is 2. The summed E-state index contributed by atoms with van der Waals surface area (Å²) in [5.41, 5.74) is 0.748. The third kappa shape index (κ3) is 3.62. The van der Waals surface area contributed by atoms with Crippen LogP contribution in [0.3, 0.4) is 0 Å². The van der Waals surface area contributed by atoms with Gasteiger partial charge in [-0.25, -0.2) is 4.98 Å². The fourth-order valence-corrected chi connectivity index (χ4v) is 2.03. The van der Waals surface area contributed by atoms with Gasteiger partial charge in [-0.3, -0.25) is 10.1 Å². The van der Waals surface area contributed by atoms with E-state index in [4.69, 9.17) is 11.6 Å². The Hall–Kier alpha value is -1.73. The van der Waals surface area contributed by atoms with E-state index in [0.29, 0.717) is 6.54 Å². The van der Waals surface area contributed by atoms with Crippen molar-refractivity contribution in [2.75, 3.05) is 5.32 Å². The fourth-order valence-electron chi connectivity index (χ4n) is 1.45. The van der Waals surface area contributed by atoms with Gasteiger partial charge < -0.3 is 5.32 Å². The maximum atomic E-state index is 10.8. The van der Waals surface area contributed by atoms with Gasteiger partial charge in [-0.2, -0.15) is 4.98 Å². The van der Waals surface area contributed by atoms with Gasteiger partial charge in [0.1, 0.15) is 6.20 Å². The average Bonchev–Trinajstić information content (AvgIpc) is 2.36. The van der Waals surface area contributed by atoms with Crippen molar-refractivity contribution in [1.82, 2.24) is 9.97 Å². The summed E-state index contributed by atoms with van der Waals surface area (Å²) >= 11 is 8.99. The van der Waals surface area contributed by atoms with Crippen molar-refractivity contribution in [2.24, 2.45) is 0 Å². The first kappa shape index (κ1) is 13.7. The topological polar surface area (TPSA) is 81.0 Å². The smallest absolute Gasteiger partial charge is 0.329 e. The molecule has 0 unspecified atom stereocenters. The Morgan fingerprint density at radius 1 is 1.47 bits per heavy atom. The molecule has 1 N–H and O–H groups in total. The third-order valence-corrected chi connectivity index (χ3v) is 2.96. The zero-order valence-corrected chi connectivity index (χ0v) is 11.8. The summed E-state index contributed by atoms with van der Waals surface area (Å²) in [6.45, 7) is 0.396. The van der Waals surface area contributed by atoms with E-state index < -0.39 is 4.92 Å². The summed E-state index contributed by atoms with van der Waals surface area (Å²) in [5.74, 6) is 0.102. The van der Waals surface area contributed by atoms with Crippen LogP contribution in [0.15, 0.2) is 34.9 Å². The Morgan fingerprint density at radius 3 is 2.95 bits per heavy atom. The first-order valence-electron chi connectivity index (χ1n) is 5.21. The minimum atomic E-state index is -0.556. The minimum Gasteiger partial charge on any atom is -0.360 e. The predicted molar refractivity (Wildman–Crippen MR) is 75.2 cm³/mol. The number of nitrogens with one attached hydrogen (secondary N) is 1. The van der Waals surface area contributed by atoms with Gasteiger partial charge in [0.05, 0.1) is 4.92 Å². The highest BCUT2D eigenvalue weighted by atomic mass is 79.9. The lowest BCUT2D eigenvalue weighted by Crippen LogP contribution is -2.05. The third-order valence-electron chi connectivity index (χ3n) is 2.29. The van der Waals surface area contributed by atoms with Gasteiger partial charge in [-0.15, -0.1) is 0 Å². The van der Waals surface area contributed by atoms with Crippen LogP contribution in [-0.2, 0) is 6.54 Å². The maximum absolute atomic E-state index is 10.8. The molecular weight excluding hydrogens is 336 g/mol. The van der Waals surface area contributed by atoms with Crippen molar-refractivity contribution < 1.29 is 4.92 Å². The summed E-state index contributed by atoms with van der Waals surface area (Å²) in [6, 6.07) is 7.57. The molecule has 0 saturated carbocycles. The number of benzene rings is 1. The van der Waals surface area contributed by atoms with Gasteiger partial charge in [-0.1, -0.05) is 28.1 Å². The lowest BCUT2D eigenvalue weighted by Gasteiger charge is -2.06. The van der Waals surface area contributed by atoms with E-state index in [2.05, 4.69) is 31.2 Å². The minimum absolute atomic E-state index is 0.0395. The van der Waals surface area contributed by atoms with Gasteiger partial charge in [0, 0.05) is 11.0 Å². The van der Waals surface area contributed by atoms with Crippen molar-refractivity contribution in [3.8, 4) is 0 Å². The molecule has 0 amide bonds. The van der Waals surface area contributed by atoms with E-state index in [1.807, 2.05) is 24.3 Å². The summed E-state index contributed by atoms with van der Waals surface area (Å²) in [4.78, 5) is 17.7. The molecule has 0 saturated heterocycles. The second kappa shape index (κ2) is 5.94. The number of hydrogen-bond donors (Lipinski definition) is 1. The standard InChI is InChI=1S/C11H8BrClN4O2/c12-8-3-1-2-7(4-8)5-14-10-9(17(18)19)6-15-11(13)16-10/h1-4,6H,5H2,(H,14,15,16). The highest BCUT2D eigenvalue weighted by molar-refractivity contribution is 9.10. The van der Waals surface area contributed by atoms with Gasteiger partial charge in [0.2, 0.25) is 11.1 Å². The van der Waals surface area contributed by atoms with E-state index >= 15 is 0 Å². The Morgan fingerprint density at radius 2 is 2.26 bits per heavy atom. The molecule has 8 heteroatoms. The number of hydrogen-bond acceptors (Lipinski definition) is 5. The summed E-state index contributed by atoms with van der Waals surface area (Å²) in [7, 11) is 0. The van der Waals surface area contributed by atoms with Crippen LogP contribution < -0.4 is 5.32 Å². The van der Waals surface area contributed by atoms with E-state index in [0.717, 1.165) is 16.2 Å². The van der Waals surface area contributed by atoms with Crippen LogP contribution in [0.25, 0.3) is 0 Å². The lowest BCUT2D eigenvalue weighted by atomic mass is 10.2. The predicted octanol–water partition coefficient (Wildman–Crippen LogP) is 3.41. The Kier molecular flexibility index (Phi) is 4.28. The Labute approximate surface area is 122 Å². The monoisotopic (exact) mass is 342 g/mol. The fraction of sp³-hybridized carbons (Fsp3) is 0.0909. The van der Waals surface area contributed by atoms with Gasteiger partial charge in [-0.05, 0) is 29.3 Å². The van der Waals surface area contributed by atoms with Crippen molar-refractivity contribution in [1.29, 1.82) is 0 Å². The first-order valence-corrected chi connectivity index (χ1v) is 6.38. The lowest BCUT2D eigenvalue weighted by molar-refractivity contribution is -0.384. The van der Waals surface area contributed by atoms with Crippen LogP contribution in [0.4, 0.5) is 11.5 Å². The molecule has 0 aliphatic carbocycles. The largest absolute Gasteiger partial charge is 0.360 e. The molecule has 1 aromatic heterocycles. The zero-order chi connectivity index (χ0) is 13.8. The quantitative estimate of drug-likeness (QED) is 0.522. The molecule has 0 aliphatic rings. The van der Waals surface area contributed by atoms with Crippen LogP contribution >= 0.6 is 27.5 Å². The molecule has 98 valence electrons. The molecule has 0 fully saturated rings. The van der Waals surface area contributed by atoms with Crippen molar-refractivity contribution >= 4 is 39.0 Å². The van der Waals surface area contributed by atoms with E-state index in [9.17, 15) is 10.1 Å². The Bertz CT molecular complexity index is 623. The van der Waals surface area contributed by atoms with Gasteiger partial charge >= 0.3 is 5.69 Å². The summed E-state index contributed by atoms with van der Waals surface area (Å²) in [5, 5.41) is 13.7. The molecule has 2 aromatic rings. The van der Waals surface area contributed by atoms with E-state index in [1.165, 1.54) is 0 Å². The molecule has 0 bridgehead atoms. The zero-order valence-electron chi connectivity index (χ0n) is 9.51. The van der Waals surface area contributed by atoms with Crippen molar-refractivity contribution in [3.05, 3.63) is 55.9 Å². The Balaban J connectivity index is 2.19. The molecule has 1 heterocycles. The molecule has 0 aliphatic heterocycles. The number of aromatic nitrogens is 2. The molecular formula is C11H8BrClN4O2. The molecule has 2 rings (SSSR count). The second-order valence-corrected chi connectivity index (χ2v) is 4.87. The number of nitrogens with zero attached hydrogens (tertiary/aromatic N) is 3. The van der Waals surface area contributed by atoms with Crippen LogP contribution in [0, 0.1) is 10.1 Å². The molecule has 6 nitrogen and oxygen atoms in total. The van der Waals surface area contributed by atoms with Crippen molar-refractivity contribution in [3.63, 3.8) is 0 Å². The van der Waals surface area contributed by atoms with E-state index in [-0.39, 0.29) is 16.8 Å². The highest BCUT2D eigenvalue weighted by Gasteiger charge is 2.16. The van der Waals surface area contributed by atoms with Crippen LogP contribution in [-0.4, -0.2) is 14.9 Å². The summed E-state index contributed by atoms with van der Waals surface area (Å²) in [6.07, 6.45) is 1.08. The van der Waals surface area contributed by atoms with E-state index in [1.54, 1.807) is 0 Å². The maximum Gasteiger partial charge on any atom is 0.329 e. The SMILES string of the molecule is O=[N+]([O-])c1cnc(Cl)nc1NCc1cccc(Br)c1. The van der Waals surface area contributed by atoms with Crippen LogP contribution in [0.5, 0.6) is 0 Å². The number of anilines is 1. The second-order valence-electron chi connectivity index (χ2n) is 3.61. The molecule has 0 radical (unpaired) electrons. The molecule has 1 aromatic carbocycles. The molecule has 0 atom stereocenters. The van der Waals surface area contributed by atoms with Gasteiger partial charge in [0.25, 0.3) is 0 Å². The molecule has 0 spiro atoms. The molecule has 19 heavy (non-hydrogen) atoms. The number of rotatable bonds is 4.